The maximum Gasteiger partial charge on any atom is 0.244 e. The quantitative estimate of drug-likeness (QED) is 0.616. The molecule has 3 aliphatic carbocycles. The van der Waals surface area contributed by atoms with Crippen molar-refractivity contribution >= 4 is 11.8 Å². The van der Waals surface area contributed by atoms with Crippen molar-refractivity contribution in [3.63, 3.8) is 0 Å². The van der Waals surface area contributed by atoms with Crippen molar-refractivity contribution in [2.75, 3.05) is 0 Å². The predicted octanol–water partition coefficient (Wildman–Crippen LogP) is 4.01. The molecular formula is C24H21NO2. The van der Waals surface area contributed by atoms with Gasteiger partial charge in [-0.3, -0.25) is 14.5 Å². The molecule has 6 rings (SSSR count). The Labute approximate surface area is 159 Å². The van der Waals surface area contributed by atoms with Crippen LogP contribution >= 0.6 is 0 Å². The van der Waals surface area contributed by atoms with Gasteiger partial charge in [0.15, 0.2) is 0 Å². The molecule has 4 aliphatic rings. The first-order valence-electron chi connectivity index (χ1n) is 9.45. The minimum Gasteiger partial charge on any atom is -0.277 e. The first kappa shape index (κ1) is 16.2. The van der Waals surface area contributed by atoms with Crippen molar-refractivity contribution in [2.45, 2.75) is 19.4 Å². The van der Waals surface area contributed by atoms with Crippen molar-refractivity contribution in [2.24, 2.45) is 17.3 Å². The van der Waals surface area contributed by atoms with E-state index < -0.39 is 5.41 Å². The maximum absolute atomic E-state index is 13.4. The van der Waals surface area contributed by atoms with Gasteiger partial charge >= 0.3 is 0 Å². The Hall–Kier alpha value is -2.94. The van der Waals surface area contributed by atoms with Crippen molar-refractivity contribution in [3.8, 4) is 0 Å². The monoisotopic (exact) mass is 355 g/mol. The lowest BCUT2D eigenvalue weighted by atomic mass is 9.57. The zero-order valence-electron chi connectivity index (χ0n) is 15.2. The number of amides is 2. The van der Waals surface area contributed by atoms with Crippen LogP contribution in [-0.4, -0.2) is 16.7 Å². The van der Waals surface area contributed by atoms with E-state index >= 15 is 0 Å². The summed E-state index contributed by atoms with van der Waals surface area (Å²) in [6.45, 7) is 2.37. The second kappa shape index (κ2) is 5.78. The number of likely N-dealkylation sites (tertiary alicyclic amines) is 1. The molecule has 3 nitrogen and oxygen atoms in total. The number of carbonyl (C=O) groups is 2. The van der Waals surface area contributed by atoms with Crippen LogP contribution in [0.2, 0.25) is 0 Å². The third kappa shape index (κ3) is 2.27. The lowest BCUT2D eigenvalue weighted by molar-refractivity contribution is -0.141. The number of benzene rings is 2. The summed E-state index contributed by atoms with van der Waals surface area (Å²) in [5, 5.41) is 0. The van der Waals surface area contributed by atoms with Crippen molar-refractivity contribution in [1.82, 2.24) is 4.90 Å². The summed E-state index contributed by atoms with van der Waals surface area (Å²) < 4.78 is 0. The smallest absolute Gasteiger partial charge is 0.244 e. The van der Waals surface area contributed by atoms with Gasteiger partial charge in [0.05, 0.1) is 17.9 Å². The second-order valence-electron chi connectivity index (χ2n) is 7.86. The lowest BCUT2D eigenvalue weighted by Gasteiger charge is -2.42. The highest BCUT2D eigenvalue weighted by Crippen LogP contribution is 2.57. The van der Waals surface area contributed by atoms with Crippen LogP contribution in [0.3, 0.4) is 0 Å². The fourth-order valence-corrected chi connectivity index (χ4v) is 4.88. The van der Waals surface area contributed by atoms with Gasteiger partial charge in [0.1, 0.15) is 0 Å². The Bertz CT molecular complexity index is 957. The molecule has 0 unspecified atom stereocenters. The summed E-state index contributed by atoms with van der Waals surface area (Å²) in [7, 11) is 0. The molecule has 3 heteroatoms. The van der Waals surface area contributed by atoms with Gasteiger partial charge < -0.3 is 0 Å². The molecule has 1 saturated heterocycles. The third-order valence-corrected chi connectivity index (χ3v) is 6.27. The average Bonchev–Trinajstić information content (AvgIpc) is 2.92. The molecule has 0 radical (unpaired) electrons. The van der Waals surface area contributed by atoms with Crippen LogP contribution in [0.5, 0.6) is 0 Å². The molecule has 2 amide bonds. The highest BCUT2D eigenvalue weighted by atomic mass is 16.2. The van der Waals surface area contributed by atoms with Gasteiger partial charge in [-0.05, 0) is 18.1 Å². The zero-order valence-corrected chi connectivity index (χ0v) is 15.2. The van der Waals surface area contributed by atoms with E-state index in [0.717, 1.165) is 11.1 Å². The van der Waals surface area contributed by atoms with E-state index in [0.29, 0.717) is 6.54 Å². The molecule has 2 bridgehead atoms. The molecule has 0 aromatic heterocycles. The number of rotatable bonds is 3. The topological polar surface area (TPSA) is 37.4 Å². The number of hydrogen-bond donors (Lipinski definition) is 0. The number of imide groups is 1. The van der Waals surface area contributed by atoms with Crippen molar-refractivity contribution in [3.05, 3.63) is 95.6 Å². The van der Waals surface area contributed by atoms with Crippen LogP contribution in [0, 0.1) is 24.2 Å². The fraction of sp³-hybridized carbons (Fsp3) is 0.250. The van der Waals surface area contributed by atoms with Gasteiger partial charge in [0.25, 0.3) is 0 Å². The predicted molar refractivity (Wildman–Crippen MR) is 104 cm³/mol. The molecule has 0 N–H and O–H groups in total. The van der Waals surface area contributed by atoms with Gasteiger partial charge in [-0.1, -0.05) is 84.5 Å². The van der Waals surface area contributed by atoms with Gasteiger partial charge in [-0.2, -0.15) is 0 Å². The molecule has 0 saturated carbocycles. The normalized spacial score (nSPS) is 30.9. The van der Waals surface area contributed by atoms with Crippen molar-refractivity contribution in [1.29, 1.82) is 0 Å². The van der Waals surface area contributed by atoms with Gasteiger partial charge in [0.2, 0.25) is 11.8 Å². The first-order valence-corrected chi connectivity index (χ1v) is 9.45. The van der Waals surface area contributed by atoms with Gasteiger partial charge in [-0.25, -0.2) is 0 Å². The lowest BCUT2D eigenvalue weighted by Crippen LogP contribution is -2.42. The van der Waals surface area contributed by atoms with E-state index in [1.165, 1.54) is 10.5 Å². The van der Waals surface area contributed by atoms with E-state index in [4.69, 9.17) is 0 Å². The SMILES string of the molecule is Cc1ccc(CN2C(=O)[C@H]3[C@H](c4ccccc4)C4C=CC3(C=C4)C2=O)cc1. The third-order valence-electron chi connectivity index (χ3n) is 6.27. The molecular weight excluding hydrogens is 334 g/mol. The molecule has 134 valence electrons. The number of carbonyl (C=O) groups excluding carboxylic acids is 2. The number of nitrogens with zero attached hydrogens (tertiary/aromatic N) is 1. The van der Waals surface area contributed by atoms with Crippen LogP contribution in [0.15, 0.2) is 78.9 Å². The molecule has 1 fully saturated rings. The summed E-state index contributed by atoms with van der Waals surface area (Å²) in [5.74, 6) is -0.313. The van der Waals surface area contributed by atoms with Crippen molar-refractivity contribution < 1.29 is 9.59 Å². The number of aryl methyl sites for hydroxylation is 1. The highest BCUT2D eigenvalue weighted by molar-refractivity contribution is 6.10. The first-order chi connectivity index (χ1) is 13.1. The fourth-order valence-electron chi connectivity index (χ4n) is 4.88. The van der Waals surface area contributed by atoms with Crippen LogP contribution in [-0.2, 0) is 16.1 Å². The van der Waals surface area contributed by atoms with Crippen LogP contribution < -0.4 is 0 Å². The number of allylic oxidation sites excluding steroid dienone is 2. The summed E-state index contributed by atoms with van der Waals surface area (Å²) in [5.41, 5.74) is 2.45. The number of hydrogen-bond acceptors (Lipinski definition) is 2. The minimum atomic E-state index is -0.822. The van der Waals surface area contributed by atoms with Crippen LogP contribution in [0.4, 0.5) is 0 Å². The Morgan fingerprint density at radius 2 is 1.59 bits per heavy atom. The van der Waals surface area contributed by atoms with Gasteiger partial charge in [-0.15, -0.1) is 0 Å². The molecule has 1 heterocycles. The molecule has 27 heavy (non-hydrogen) atoms. The Morgan fingerprint density at radius 1 is 0.926 bits per heavy atom. The van der Waals surface area contributed by atoms with E-state index in [2.05, 4.69) is 24.3 Å². The molecule has 1 aliphatic heterocycles. The molecule has 1 spiro atoms. The largest absolute Gasteiger partial charge is 0.277 e. The summed E-state index contributed by atoms with van der Waals surface area (Å²) in [6.07, 6.45) is 8.15. The van der Waals surface area contributed by atoms with E-state index in [1.807, 2.05) is 61.5 Å². The highest BCUT2D eigenvalue weighted by Gasteiger charge is 2.63. The summed E-state index contributed by atoms with van der Waals surface area (Å²) in [6, 6.07) is 18.2. The molecule has 2 aromatic carbocycles. The maximum atomic E-state index is 13.4. The zero-order chi connectivity index (χ0) is 18.6. The van der Waals surface area contributed by atoms with E-state index in [-0.39, 0.29) is 29.6 Å². The molecule has 2 atom stereocenters. The Balaban J connectivity index is 1.55. The Morgan fingerprint density at radius 3 is 2.26 bits per heavy atom. The summed E-state index contributed by atoms with van der Waals surface area (Å²) in [4.78, 5) is 28.3. The average molecular weight is 355 g/mol. The minimum absolute atomic E-state index is 0.0145. The Kier molecular flexibility index (Phi) is 3.48. The van der Waals surface area contributed by atoms with E-state index in [9.17, 15) is 9.59 Å². The van der Waals surface area contributed by atoms with Crippen LogP contribution in [0.25, 0.3) is 0 Å². The van der Waals surface area contributed by atoms with Crippen LogP contribution in [0.1, 0.15) is 22.6 Å². The van der Waals surface area contributed by atoms with Gasteiger partial charge in [0, 0.05) is 11.8 Å². The standard InChI is InChI=1S/C24H21NO2/c1-16-7-9-17(10-8-16)15-25-22(26)21-20(18-5-3-2-4-6-18)19-11-13-24(21,14-12-19)23(25)27/h2-14,19-21H,15H2,1H3/t19?,20-,21-,24?/m1/s1. The molecule has 2 aromatic rings. The summed E-state index contributed by atoms with van der Waals surface area (Å²) >= 11 is 0. The van der Waals surface area contributed by atoms with E-state index in [1.54, 1.807) is 0 Å². The second-order valence-corrected chi connectivity index (χ2v) is 7.86.